The third-order valence-electron chi connectivity index (χ3n) is 2.42. The molecule has 0 aliphatic carbocycles. The first-order valence-electron chi connectivity index (χ1n) is 4.83. The summed E-state index contributed by atoms with van der Waals surface area (Å²) in [4.78, 5) is 0. The molecule has 15 heavy (non-hydrogen) atoms. The quantitative estimate of drug-likeness (QED) is 0.759. The zero-order valence-corrected chi connectivity index (χ0v) is 8.81. The average molecular weight is 206 g/mol. The van der Waals surface area contributed by atoms with Crippen molar-refractivity contribution in [3.8, 4) is 0 Å². The highest BCUT2D eigenvalue weighted by Crippen LogP contribution is 2.09. The Morgan fingerprint density at radius 2 is 2.40 bits per heavy atom. The number of H-pyrrole nitrogens is 1. The first kappa shape index (κ1) is 9.85. The fraction of sp³-hybridized carbons (Fsp3) is 0.444. The van der Waals surface area contributed by atoms with E-state index in [1.54, 1.807) is 10.9 Å². The summed E-state index contributed by atoms with van der Waals surface area (Å²) in [6, 6.07) is 0.263. The number of aromatic amines is 1. The second-order valence-electron chi connectivity index (χ2n) is 3.48. The summed E-state index contributed by atoms with van der Waals surface area (Å²) >= 11 is 0. The molecule has 0 saturated heterocycles. The summed E-state index contributed by atoms with van der Waals surface area (Å²) in [6.07, 6.45) is 5.47. The van der Waals surface area contributed by atoms with Crippen molar-refractivity contribution in [3.63, 3.8) is 0 Å². The molecule has 0 bridgehead atoms. The highest BCUT2D eigenvalue weighted by Gasteiger charge is 2.07. The Hall–Kier alpha value is -1.69. The van der Waals surface area contributed by atoms with Crippen molar-refractivity contribution < 1.29 is 0 Å². The van der Waals surface area contributed by atoms with Crippen LogP contribution in [0.15, 0.2) is 18.6 Å². The summed E-state index contributed by atoms with van der Waals surface area (Å²) in [7, 11) is 1.88. The maximum atomic E-state index is 3.91. The molecule has 0 radical (unpaired) electrons. The fourth-order valence-corrected chi connectivity index (χ4v) is 1.34. The van der Waals surface area contributed by atoms with Gasteiger partial charge in [-0.05, 0) is 6.92 Å². The summed E-state index contributed by atoms with van der Waals surface area (Å²) < 4.78 is 1.76. The van der Waals surface area contributed by atoms with Crippen molar-refractivity contribution >= 4 is 0 Å². The van der Waals surface area contributed by atoms with Gasteiger partial charge in [-0.25, -0.2) is 0 Å². The number of hydrogen-bond acceptors (Lipinski definition) is 4. The molecule has 1 atom stereocenters. The predicted molar refractivity (Wildman–Crippen MR) is 54.8 cm³/mol. The minimum absolute atomic E-state index is 0.263. The van der Waals surface area contributed by atoms with Crippen molar-refractivity contribution in [3.05, 3.63) is 29.8 Å². The third kappa shape index (κ3) is 2.21. The van der Waals surface area contributed by atoms with Crippen LogP contribution in [0, 0.1) is 0 Å². The molecule has 6 nitrogen and oxygen atoms in total. The van der Waals surface area contributed by atoms with Crippen LogP contribution in [0.1, 0.15) is 24.2 Å². The molecule has 0 spiro atoms. The van der Waals surface area contributed by atoms with Gasteiger partial charge in [0.1, 0.15) is 0 Å². The minimum atomic E-state index is 0.263. The van der Waals surface area contributed by atoms with Gasteiger partial charge in [-0.15, -0.1) is 5.10 Å². The Kier molecular flexibility index (Phi) is 2.77. The van der Waals surface area contributed by atoms with Crippen molar-refractivity contribution in [1.82, 2.24) is 30.5 Å². The van der Waals surface area contributed by atoms with Gasteiger partial charge < -0.3 is 5.32 Å². The number of aromatic nitrogens is 5. The van der Waals surface area contributed by atoms with Gasteiger partial charge in [0, 0.05) is 31.4 Å². The Bertz CT molecular complexity index is 404. The van der Waals surface area contributed by atoms with Crippen molar-refractivity contribution in [1.29, 1.82) is 0 Å². The molecule has 2 heterocycles. The number of rotatable bonds is 4. The van der Waals surface area contributed by atoms with E-state index in [-0.39, 0.29) is 6.04 Å². The lowest BCUT2D eigenvalue weighted by Crippen LogP contribution is -2.19. The highest BCUT2D eigenvalue weighted by atomic mass is 15.4. The Morgan fingerprint density at radius 3 is 3.00 bits per heavy atom. The van der Waals surface area contributed by atoms with Crippen LogP contribution < -0.4 is 5.32 Å². The summed E-state index contributed by atoms with van der Waals surface area (Å²) in [6.45, 7) is 2.84. The van der Waals surface area contributed by atoms with Crippen LogP contribution in [0.4, 0.5) is 0 Å². The van der Waals surface area contributed by atoms with Gasteiger partial charge in [0.25, 0.3) is 0 Å². The monoisotopic (exact) mass is 206 g/mol. The lowest BCUT2D eigenvalue weighted by Gasteiger charge is -2.11. The van der Waals surface area contributed by atoms with Gasteiger partial charge in [-0.3, -0.25) is 9.78 Å². The number of hydrogen-bond donors (Lipinski definition) is 2. The smallest absolute Gasteiger partial charge is 0.0738 e. The second-order valence-corrected chi connectivity index (χ2v) is 3.48. The highest BCUT2D eigenvalue weighted by molar-refractivity contribution is 5.08. The number of aryl methyl sites for hydroxylation is 1. The molecule has 0 aliphatic heterocycles. The summed E-state index contributed by atoms with van der Waals surface area (Å²) in [5.41, 5.74) is 2.20. The van der Waals surface area contributed by atoms with Crippen LogP contribution in [-0.2, 0) is 13.6 Å². The molecule has 6 heteroatoms. The van der Waals surface area contributed by atoms with Crippen LogP contribution in [0.5, 0.6) is 0 Å². The molecule has 0 saturated carbocycles. The van der Waals surface area contributed by atoms with Crippen molar-refractivity contribution in [2.75, 3.05) is 0 Å². The van der Waals surface area contributed by atoms with Gasteiger partial charge in [-0.2, -0.15) is 5.10 Å². The maximum absolute atomic E-state index is 3.91. The van der Waals surface area contributed by atoms with E-state index >= 15 is 0 Å². The maximum Gasteiger partial charge on any atom is 0.0738 e. The predicted octanol–water partition coefficient (Wildman–Crippen LogP) is 0.389. The lowest BCUT2D eigenvalue weighted by molar-refractivity contribution is 0.546. The Morgan fingerprint density at radius 1 is 1.53 bits per heavy atom. The molecule has 2 N–H and O–H groups in total. The van der Waals surface area contributed by atoms with E-state index < -0.39 is 0 Å². The van der Waals surface area contributed by atoms with Crippen molar-refractivity contribution in [2.24, 2.45) is 7.05 Å². The standard InChI is InChI=1S/C9H14N6/c1-7(8-3-11-12-4-8)10-5-9-6-13-14-15(9)2/h3-4,6-7,10H,5H2,1-2H3,(H,11,12). The minimum Gasteiger partial charge on any atom is -0.304 e. The largest absolute Gasteiger partial charge is 0.304 e. The fourth-order valence-electron chi connectivity index (χ4n) is 1.34. The van der Waals surface area contributed by atoms with Crippen LogP contribution in [0.2, 0.25) is 0 Å². The van der Waals surface area contributed by atoms with E-state index in [2.05, 4.69) is 32.7 Å². The molecular formula is C9H14N6. The van der Waals surface area contributed by atoms with E-state index in [4.69, 9.17) is 0 Å². The molecule has 80 valence electrons. The Balaban J connectivity index is 1.91. The normalized spacial score (nSPS) is 12.9. The summed E-state index contributed by atoms with van der Waals surface area (Å²) in [5, 5.41) is 17.8. The third-order valence-corrected chi connectivity index (χ3v) is 2.42. The van der Waals surface area contributed by atoms with Gasteiger partial charge in [0.15, 0.2) is 0 Å². The van der Waals surface area contributed by atoms with Gasteiger partial charge in [0.2, 0.25) is 0 Å². The molecule has 0 aliphatic rings. The van der Waals surface area contributed by atoms with Crippen LogP contribution in [0.3, 0.4) is 0 Å². The molecule has 1 unspecified atom stereocenters. The summed E-state index contributed by atoms with van der Waals surface area (Å²) in [5.74, 6) is 0. The molecule has 0 fully saturated rings. The van der Waals surface area contributed by atoms with Gasteiger partial charge in [0.05, 0.1) is 18.1 Å². The van der Waals surface area contributed by atoms with Crippen LogP contribution in [0.25, 0.3) is 0 Å². The van der Waals surface area contributed by atoms with E-state index in [1.807, 2.05) is 19.4 Å². The van der Waals surface area contributed by atoms with E-state index in [1.165, 1.54) is 0 Å². The Labute approximate surface area is 87.7 Å². The molecule has 0 aromatic carbocycles. The van der Waals surface area contributed by atoms with Crippen LogP contribution in [-0.4, -0.2) is 25.2 Å². The first-order chi connectivity index (χ1) is 7.27. The molecule has 2 aromatic heterocycles. The number of nitrogens with zero attached hydrogens (tertiary/aromatic N) is 4. The van der Waals surface area contributed by atoms with E-state index in [0.717, 1.165) is 17.8 Å². The number of nitrogens with one attached hydrogen (secondary N) is 2. The van der Waals surface area contributed by atoms with Gasteiger partial charge in [-0.1, -0.05) is 5.21 Å². The topological polar surface area (TPSA) is 71.4 Å². The first-order valence-corrected chi connectivity index (χ1v) is 4.83. The van der Waals surface area contributed by atoms with E-state index in [9.17, 15) is 0 Å². The zero-order valence-electron chi connectivity index (χ0n) is 8.81. The van der Waals surface area contributed by atoms with Crippen molar-refractivity contribution in [2.45, 2.75) is 19.5 Å². The average Bonchev–Trinajstić information content (AvgIpc) is 2.85. The molecule has 2 aromatic rings. The van der Waals surface area contributed by atoms with Gasteiger partial charge >= 0.3 is 0 Å². The molecule has 2 rings (SSSR count). The second kappa shape index (κ2) is 4.22. The molecular weight excluding hydrogens is 192 g/mol. The lowest BCUT2D eigenvalue weighted by atomic mass is 10.2. The molecule has 0 amide bonds. The zero-order chi connectivity index (χ0) is 10.7. The SMILES string of the molecule is CC(NCc1cnnn1C)c1cn[nH]c1. The van der Waals surface area contributed by atoms with E-state index in [0.29, 0.717) is 0 Å². The van der Waals surface area contributed by atoms with Crippen LogP contribution >= 0.6 is 0 Å².